The fourth-order valence-corrected chi connectivity index (χ4v) is 5.70. The molecule has 42 heavy (non-hydrogen) atoms. The number of phenolic OH excluding ortho intramolecular Hbond substituents is 2. The largest absolute Gasteiger partial charge is 0.506 e. The summed E-state index contributed by atoms with van der Waals surface area (Å²) < 4.78 is 1.28. The Kier molecular flexibility index (Phi) is 9.19. The predicted octanol–water partition coefficient (Wildman–Crippen LogP) is 11.0. The molecule has 2 N–H and O–H groups in total. The topological polar surface area (TPSA) is 65.2 Å². The van der Waals surface area contributed by atoms with E-state index in [1.54, 1.807) is 12.4 Å². The number of aliphatic imine (C=N–C) groups is 2. The Morgan fingerprint density at radius 3 is 1.29 bits per heavy atom. The predicted molar refractivity (Wildman–Crippen MR) is 185 cm³/mol. The first-order valence-corrected chi connectivity index (χ1v) is 15.5. The average Bonchev–Trinajstić information content (AvgIpc) is 2.89. The van der Waals surface area contributed by atoms with Gasteiger partial charge in [0, 0.05) is 34.7 Å². The van der Waals surface area contributed by atoms with Crippen molar-refractivity contribution >= 4 is 55.7 Å². The molecule has 0 aliphatic carbocycles. The first kappa shape index (κ1) is 31.7. The van der Waals surface area contributed by atoms with Crippen LogP contribution in [0, 0.1) is 13.8 Å². The van der Waals surface area contributed by atoms with Crippen LogP contribution in [0.5, 0.6) is 11.5 Å². The molecular formula is C36H38Br2N2O2. The highest BCUT2D eigenvalue weighted by atomic mass is 79.9. The van der Waals surface area contributed by atoms with Crippen LogP contribution >= 0.6 is 31.9 Å². The molecule has 6 heteroatoms. The molecule has 0 aromatic heterocycles. The monoisotopic (exact) mass is 688 g/mol. The zero-order chi connectivity index (χ0) is 31.0. The van der Waals surface area contributed by atoms with Gasteiger partial charge in [-0.15, -0.1) is 0 Å². The van der Waals surface area contributed by atoms with Gasteiger partial charge in [-0.3, -0.25) is 9.98 Å². The van der Waals surface area contributed by atoms with Crippen molar-refractivity contribution < 1.29 is 10.2 Å². The molecule has 0 bridgehead atoms. The fourth-order valence-electron chi connectivity index (χ4n) is 4.75. The summed E-state index contributed by atoms with van der Waals surface area (Å²) in [6.07, 6.45) is 3.45. The molecule has 4 rings (SSSR count). The van der Waals surface area contributed by atoms with Crippen molar-refractivity contribution in [3.8, 4) is 22.6 Å². The Bertz CT molecular complexity index is 1580. The molecule has 0 atom stereocenters. The second-order valence-electron chi connectivity index (χ2n) is 12.7. The zero-order valence-electron chi connectivity index (χ0n) is 25.5. The van der Waals surface area contributed by atoms with Gasteiger partial charge in [0.25, 0.3) is 0 Å². The Morgan fingerprint density at radius 1 is 0.595 bits per heavy atom. The summed E-state index contributed by atoms with van der Waals surface area (Å²) in [5, 5.41) is 21.6. The summed E-state index contributed by atoms with van der Waals surface area (Å²) in [5.74, 6) is 0.316. The van der Waals surface area contributed by atoms with Crippen molar-refractivity contribution in [2.24, 2.45) is 9.98 Å². The lowest BCUT2D eigenvalue weighted by molar-refractivity contribution is 0.469. The number of halogens is 2. The Balaban J connectivity index is 1.84. The molecule has 4 aromatic rings. The van der Waals surface area contributed by atoms with Gasteiger partial charge < -0.3 is 10.2 Å². The number of rotatable bonds is 5. The summed E-state index contributed by atoms with van der Waals surface area (Å²) in [7, 11) is 0. The molecule has 0 spiro atoms. The van der Waals surface area contributed by atoms with Crippen LogP contribution in [0.25, 0.3) is 11.1 Å². The van der Waals surface area contributed by atoms with E-state index in [0.29, 0.717) is 20.1 Å². The van der Waals surface area contributed by atoms with Gasteiger partial charge in [0.05, 0.1) is 20.3 Å². The molecule has 4 aromatic carbocycles. The highest BCUT2D eigenvalue weighted by Gasteiger charge is 2.20. The standard InChI is InChI=1S/C36H38Br2N2O2/c1-21-11-9-13-29(39-19-23-15-25(35(3,4)5)17-27(37)33(23)41)31(21)32-22(2)12-10-14-30(32)40-20-24-16-26(36(6,7)8)18-28(38)34(24)42/h9-20,41-42H,1-8H3. The minimum absolute atomic E-state index is 0.0855. The molecule has 0 saturated carbocycles. The number of hydrogen-bond donors (Lipinski definition) is 2. The average molecular weight is 691 g/mol. The Morgan fingerprint density at radius 2 is 0.952 bits per heavy atom. The van der Waals surface area contributed by atoms with Crippen LogP contribution in [-0.2, 0) is 10.8 Å². The number of hydrogen-bond acceptors (Lipinski definition) is 4. The molecule has 0 fully saturated rings. The smallest absolute Gasteiger partial charge is 0.138 e. The number of nitrogens with zero attached hydrogens (tertiary/aromatic N) is 2. The minimum atomic E-state index is -0.0855. The first-order chi connectivity index (χ1) is 19.6. The van der Waals surface area contributed by atoms with Crippen molar-refractivity contribution in [3.05, 3.63) is 103 Å². The SMILES string of the molecule is Cc1cccc(N=Cc2cc(C(C)(C)C)cc(Br)c2O)c1-c1c(C)cccc1N=Cc1cc(C(C)(C)C)cc(Br)c1O. The number of benzene rings is 4. The van der Waals surface area contributed by atoms with E-state index in [1.165, 1.54) is 0 Å². The van der Waals surface area contributed by atoms with E-state index in [4.69, 9.17) is 9.98 Å². The van der Waals surface area contributed by atoms with Gasteiger partial charge in [-0.2, -0.15) is 0 Å². The Labute approximate surface area is 266 Å². The van der Waals surface area contributed by atoms with Crippen LogP contribution in [-0.4, -0.2) is 22.6 Å². The van der Waals surface area contributed by atoms with E-state index >= 15 is 0 Å². The quantitative estimate of drug-likeness (QED) is 0.205. The van der Waals surface area contributed by atoms with Crippen LogP contribution in [0.2, 0.25) is 0 Å². The van der Waals surface area contributed by atoms with Crippen molar-refractivity contribution in [3.63, 3.8) is 0 Å². The lowest BCUT2D eigenvalue weighted by Gasteiger charge is -2.20. The zero-order valence-corrected chi connectivity index (χ0v) is 28.6. The molecule has 0 unspecified atom stereocenters. The third kappa shape index (κ3) is 6.87. The van der Waals surface area contributed by atoms with Gasteiger partial charge in [-0.05, 0) is 115 Å². The molecule has 0 radical (unpaired) electrons. The second-order valence-corrected chi connectivity index (χ2v) is 14.5. The van der Waals surface area contributed by atoms with Gasteiger partial charge in [0.15, 0.2) is 0 Å². The summed E-state index contributed by atoms with van der Waals surface area (Å²) in [4.78, 5) is 9.80. The molecule has 0 saturated heterocycles. The van der Waals surface area contributed by atoms with Crippen LogP contribution < -0.4 is 0 Å². The lowest BCUT2D eigenvalue weighted by Crippen LogP contribution is -2.11. The first-order valence-electron chi connectivity index (χ1n) is 13.9. The van der Waals surface area contributed by atoms with Gasteiger partial charge in [-0.25, -0.2) is 0 Å². The molecule has 0 aliphatic heterocycles. The van der Waals surface area contributed by atoms with Crippen molar-refractivity contribution in [1.29, 1.82) is 0 Å². The molecule has 218 valence electrons. The van der Waals surface area contributed by atoms with Gasteiger partial charge >= 0.3 is 0 Å². The van der Waals surface area contributed by atoms with Crippen LogP contribution in [0.1, 0.15) is 74.9 Å². The second kappa shape index (κ2) is 12.2. The summed E-state index contributed by atoms with van der Waals surface area (Å²) in [6, 6.07) is 20.0. The number of phenols is 2. The van der Waals surface area contributed by atoms with E-state index < -0.39 is 0 Å². The van der Waals surface area contributed by atoms with E-state index in [9.17, 15) is 10.2 Å². The van der Waals surface area contributed by atoms with Crippen LogP contribution in [0.3, 0.4) is 0 Å². The maximum absolute atomic E-state index is 10.8. The van der Waals surface area contributed by atoms with Crippen LogP contribution in [0.15, 0.2) is 79.6 Å². The van der Waals surface area contributed by atoms with Crippen molar-refractivity contribution in [2.75, 3.05) is 0 Å². The third-order valence-electron chi connectivity index (χ3n) is 7.35. The molecule has 0 amide bonds. The lowest BCUT2D eigenvalue weighted by atomic mass is 9.86. The summed E-state index contributed by atoms with van der Waals surface area (Å²) in [5.41, 5.74) is 8.92. The third-order valence-corrected chi connectivity index (χ3v) is 8.56. The van der Waals surface area contributed by atoms with E-state index in [-0.39, 0.29) is 22.3 Å². The van der Waals surface area contributed by atoms with E-state index in [1.807, 2.05) is 48.5 Å². The van der Waals surface area contributed by atoms with E-state index in [2.05, 4.69) is 99.4 Å². The number of aryl methyl sites for hydroxylation is 2. The molecule has 4 nitrogen and oxygen atoms in total. The molecule has 0 aliphatic rings. The highest BCUT2D eigenvalue weighted by Crippen LogP contribution is 2.42. The Hall–Kier alpha value is -3.22. The normalized spacial score (nSPS) is 12.5. The fraction of sp³-hybridized carbons (Fsp3) is 0.278. The molecular weight excluding hydrogens is 652 g/mol. The van der Waals surface area contributed by atoms with E-state index in [0.717, 1.165) is 44.8 Å². The van der Waals surface area contributed by atoms with Gasteiger partial charge in [0.1, 0.15) is 11.5 Å². The van der Waals surface area contributed by atoms with Crippen molar-refractivity contribution in [2.45, 2.75) is 66.2 Å². The molecule has 0 heterocycles. The van der Waals surface area contributed by atoms with Gasteiger partial charge in [-0.1, -0.05) is 65.8 Å². The summed E-state index contributed by atoms with van der Waals surface area (Å²) in [6.45, 7) is 17.0. The highest BCUT2D eigenvalue weighted by molar-refractivity contribution is 9.10. The maximum Gasteiger partial charge on any atom is 0.138 e. The van der Waals surface area contributed by atoms with Crippen LogP contribution in [0.4, 0.5) is 11.4 Å². The summed E-state index contributed by atoms with van der Waals surface area (Å²) >= 11 is 7.02. The number of aromatic hydroxyl groups is 2. The maximum atomic E-state index is 10.8. The minimum Gasteiger partial charge on any atom is -0.506 e. The van der Waals surface area contributed by atoms with Crippen molar-refractivity contribution in [1.82, 2.24) is 0 Å². The van der Waals surface area contributed by atoms with Gasteiger partial charge in [0.2, 0.25) is 0 Å².